The van der Waals surface area contributed by atoms with Crippen molar-refractivity contribution < 1.29 is 4.39 Å². The summed E-state index contributed by atoms with van der Waals surface area (Å²) in [6.07, 6.45) is 6.08. The smallest absolute Gasteiger partial charge is 0.177 e. The standard InChI is InChI=1S/C18H21FN6/c19-12-3-7-14(8-4-12)22-15-9-17(21)24-25-10-16(23-18(15)25)11-1-5-13(20)6-2-11/h3-4,7-11,13,22H,1-2,5-6,20H2,(H2,21,24). The number of nitrogen functional groups attached to an aromatic ring is 1. The third-order valence-corrected chi connectivity index (χ3v) is 4.78. The molecule has 6 nitrogen and oxygen atoms in total. The number of hydrogen-bond donors (Lipinski definition) is 3. The summed E-state index contributed by atoms with van der Waals surface area (Å²) in [6.45, 7) is 0. The van der Waals surface area contributed by atoms with Gasteiger partial charge in [-0.15, -0.1) is 5.10 Å². The summed E-state index contributed by atoms with van der Waals surface area (Å²) >= 11 is 0. The molecule has 7 heteroatoms. The normalized spacial score (nSPS) is 20.7. The quantitative estimate of drug-likeness (QED) is 0.681. The van der Waals surface area contributed by atoms with Crippen LogP contribution >= 0.6 is 0 Å². The fraction of sp³-hybridized carbons (Fsp3) is 0.333. The first-order valence-corrected chi connectivity index (χ1v) is 8.52. The highest BCUT2D eigenvalue weighted by atomic mass is 19.1. The molecule has 0 amide bonds. The number of imidazole rings is 1. The lowest BCUT2D eigenvalue weighted by Gasteiger charge is -2.24. The molecule has 0 unspecified atom stereocenters. The predicted molar refractivity (Wildman–Crippen MR) is 96.3 cm³/mol. The predicted octanol–water partition coefficient (Wildman–Crippen LogP) is 3.18. The molecule has 25 heavy (non-hydrogen) atoms. The lowest BCUT2D eigenvalue weighted by Crippen LogP contribution is -2.25. The maximum atomic E-state index is 13.1. The van der Waals surface area contributed by atoms with Crippen LogP contribution in [0.4, 0.5) is 21.6 Å². The van der Waals surface area contributed by atoms with Crippen LogP contribution in [0.2, 0.25) is 0 Å². The largest absolute Gasteiger partial charge is 0.382 e. The second kappa shape index (κ2) is 6.33. The van der Waals surface area contributed by atoms with E-state index in [1.807, 2.05) is 6.20 Å². The van der Waals surface area contributed by atoms with Gasteiger partial charge >= 0.3 is 0 Å². The Hall–Kier alpha value is -2.67. The highest BCUT2D eigenvalue weighted by Crippen LogP contribution is 2.33. The second-order valence-corrected chi connectivity index (χ2v) is 6.66. The number of halogens is 1. The van der Waals surface area contributed by atoms with E-state index in [-0.39, 0.29) is 5.82 Å². The van der Waals surface area contributed by atoms with Crippen LogP contribution in [0.15, 0.2) is 36.5 Å². The van der Waals surface area contributed by atoms with Crippen molar-refractivity contribution >= 4 is 22.8 Å². The van der Waals surface area contributed by atoms with Crippen molar-refractivity contribution in [2.75, 3.05) is 11.1 Å². The van der Waals surface area contributed by atoms with Crippen molar-refractivity contribution in [1.29, 1.82) is 0 Å². The summed E-state index contributed by atoms with van der Waals surface area (Å²) in [4.78, 5) is 4.78. The average molecular weight is 340 g/mol. The lowest BCUT2D eigenvalue weighted by atomic mass is 9.85. The molecular weight excluding hydrogens is 319 g/mol. The Kier molecular flexibility index (Phi) is 4.01. The molecule has 0 atom stereocenters. The molecule has 1 fully saturated rings. The van der Waals surface area contributed by atoms with Gasteiger partial charge in [-0.05, 0) is 49.9 Å². The number of nitrogens with zero attached hydrogens (tertiary/aromatic N) is 3. The van der Waals surface area contributed by atoms with Gasteiger partial charge in [0.1, 0.15) is 11.6 Å². The highest BCUT2D eigenvalue weighted by Gasteiger charge is 2.23. The van der Waals surface area contributed by atoms with E-state index >= 15 is 0 Å². The molecule has 1 saturated carbocycles. The summed E-state index contributed by atoms with van der Waals surface area (Å²) in [5, 5.41) is 7.58. The second-order valence-electron chi connectivity index (χ2n) is 6.66. The van der Waals surface area contributed by atoms with E-state index < -0.39 is 0 Å². The lowest BCUT2D eigenvalue weighted by molar-refractivity contribution is 0.391. The Morgan fingerprint density at radius 3 is 2.56 bits per heavy atom. The van der Waals surface area contributed by atoms with Crippen molar-refractivity contribution in [3.05, 3.63) is 48.0 Å². The molecule has 4 rings (SSSR count). The Morgan fingerprint density at radius 2 is 1.84 bits per heavy atom. The molecule has 0 saturated heterocycles. The molecule has 2 heterocycles. The molecule has 3 aromatic rings. The Bertz CT molecular complexity index is 880. The Morgan fingerprint density at radius 1 is 1.12 bits per heavy atom. The molecule has 0 aliphatic heterocycles. The third kappa shape index (κ3) is 3.28. The van der Waals surface area contributed by atoms with Crippen LogP contribution in [0, 0.1) is 5.82 Å². The number of rotatable bonds is 3. The van der Waals surface area contributed by atoms with Gasteiger partial charge in [0.2, 0.25) is 0 Å². The van der Waals surface area contributed by atoms with Crippen LogP contribution in [0.1, 0.15) is 37.3 Å². The SMILES string of the molecule is Nc1cc(Nc2ccc(F)cc2)c2nc(C3CCC(N)CC3)cn2n1. The molecule has 1 aromatic carbocycles. The van der Waals surface area contributed by atoms with E-state index in [9.17, 15) is 4.39 Å². The van der Waals surface area contributed by atoms with Gasteiger partial charge in [0.15, 0.2) is 5.65 Å². The number of nitrogens with one attached hydrogen (secondary N) is 1. The Labute approximate surface area is 145 Å². The number of nitrogens with two attached hydrogens (primary N) is 2. The van der Waals surface area contributed by atoms with Gasteiger partial charge in [0, 0.05) is 23.7 Å². The zero-order valence-corrected chi connectivity index (χ0v) is 13.8. The van der Waals surface area contributed by atoms with Gasteiger partial charge in [0.05, 0.1) is 17.6 Å². The fourth-order valence-electron chi connectivity index (χ4n) is 3.41. The number of benzene rings is 1. The van der Waals surface area contributed by atoms with E-state index in [0.29, 0.717) is 23.4 Å². The van der Waals surface area contributed by atoms with Crippen LogP contribution in [-0.2, 0) is 0 Å². The first-order valence-electron chi connectivity index (χ1n) is 8.52. The van der Waals surface area contributed by atoms with Gasteiger partial charge in [0.25, 0.3) is 0 Å². The van der Waals surface area contributed by atoms with Gasteiger partial charge < -0.3 is 16.8 Å². The van der Waals surface area contributed by atoms with Crippen LogP contribution in [0.5, 0.6) is 0 Å². The summed E-state index contributed by atoms with van der Waals surface area (Å²) in [7, 11) is 0. The van der Waals surface area contributed by atoms with Crippen LogP contribution in [0.3, 0.4) is 0 Å². The van der Waals surface area contributed by atoms with Gasteiger partial charge in [-0.1, -0.05) is 0 Å². The van der Waals surface area contributed by atoms with E-state index in [1.165, 1.54) is 12.1 Å². The summed E-state index contributed by atoms with van der Waals surface area (Å²) < 4.78 is 14.8. The molecule has 130 valence electrons. The number of anilines is 3. The summed E-state index contributed by atoms with van der Waals surface area (Å²) in [5.74, 6) is 0.525. The molecule has 5 N–H and O–H groups in total. The van der Waals surface area contributed by atoms with E-state index in [1.54, 1.807) is 22.7 Å². The zero-order chi connectivity index (χ0) is 17.4. The highest BCUT2D eigenvalue weighted by molar-refractivity contribution is 5.75. The first kappa shape index (κ1) is 15.8. The molecular formula is C18H21FN6. The molecule has 0 spiro atoms. The number of fused-ring (bicyclic) bond motifs is 1. The third-order valence-electron chi connectivity index (χ3n) is 4.78. The van der Waals surface area contributed by atoms with Crippen molar-refractivity contribution in [2.45, 2.75) is 37.6 Å². The topological polar surface area (TPSA) is 94.3 Å². The average Bonchev–Trinajstić information content (AvgIpc) is 3.01. The first-order chi connectivity index (χ1) is 12.1. The maximum Gasteiger partial charge on any atom is 0.177 e. The minimum atomic E-state index is -0.274. The van der Waals surface area contributed by atoms with Crippen LogP contribution in [-0.4, -0.2) is 20.6 Å². The van der Waals surface area contributed by atoms with E-state index in [2.05, 4.69) is 10.4 Å². The van der Waals surface area contributed by atoms with Crippen LogP contribution < -0.4 is 16.8 Å². The molecule has 1 aliphatic carbocycles. The Balaban J connectivity index is 1.68. The van der Waals surface area contributed by atoms with Crippen molar-refractivity contribution in [3.8, 4) is 0 Å². The van der Waals surface area contributed by atoms with Crippen molar-refractivity contribution in [2.24, 2.45) is 5.73 Å². The van der Waals surface area contributed by atoms with Crippen molar-refractivity contribution in [1.82, 2.24) is 14.6 Å². The summed E-state index contributed by atoms with van der Waals surface area (Å²) in [5.41, 5.74) is 15.2. The van der Waals surface area contributed by atoms with E-state index in [0.717, 1.165) is 42.8 Å². The fourth-order valence-corrected chi connectivity index (χ4v) is 3.41. The molecule has 0 bridgehead atoms. The minimum absolute atomic E-state index is 0.274. The van der Waals surface area contributed by atoms with Gasteiger partial charge in [-0.25, -0.2) is 13.9 Å². The molecule has 2 aromatic heterocycles. The van der Waals surface area contributed by atoms with Crippen molar-refractivity contribution in [3.63, 3.8) is 0 Å². The van der Waals surface area contributed by atoms with Crippen LogP contribution in [0.25, 0.3) is 5.65 Å². The van der Waals surface area contributed by atoms with Gasteiger partial charge in [-0.2, -0.15) is 0 Å². The number of aromatic nitrogens is 3. The minimum Gasteiger partial charge on any atom is -0.382 e. The molecule has 0 radical (unpaired) electrons. The maximum absolute atomic E-state index is 13.1. The zero-order valence-electron chi connectivity index (χ0n) is 13.8. The van der Waals surface area contributed by atoms with Gasteiger partial charge in [-0.3, -0.25) is 0 Å². The number of hydrogen-bond acceptors (Lipinski definition) is 5. The summed E-state index contributed by atoms with van der Waals surface area (Å²) in [6, 6.07) is 8.21. The monoisotopic (exact) mass is 340 g/mol. The molecule has 1 aliphatic rings. The van der Waals surface area contributed by atoms with E-state index in [4.69, 9.17) is 16.5 Å².